The van der Waals surface area contributed by atoms with Gasteiger partial charge in [0.15, 0.2) is 0 Å². The van der Waals surface area contributed by atoms with Gasteiger partial charge in [-0.25, -0.2) is 4.79 Å². The lowest BCUT2D eigenvalue weighted by molar-refractivity contribution is 0.0698. The average molecular weight is 249 g/mol. The van der Waals surface area contributed by atoms with E-state index < -0.39 is 5.97 Å². The van der Waals surface area contributed by atoms with Gasteiger partial charge in [0.05, 0.1) is 16.9 Å². The Morgan fingerprint density at radius 3 is 2.78 bits per heavy atom. The number of hydrogen-bond donors (Lipinski definition) is 2. The molecule has 1 aliphatic heterocycles. The molecule has 0 amide bonds. The lowest BCUT2D eigenvalue weighted by Gasteiger charge is -2.23. The maximum Gasteiger partial charge on any atom is 0.337 e. The van der Waals surface area contributed by atoms with Gasteiger partial charge in [-0.05, 0) is 32.6 Å². The Hall–Kier alpha value is -1.75. The molecule has 98 valence electrons. The molecule has 3 N–H and O–H groups in total. The van der Waals surface area contributed by atoms with Gasteiger partial charge in [-0.2, -0.15) is 0 Å². The third-order valence-corrected chi connectivity index (χ3v) is 3.55. The smallest absolute Gasteiger partial charge is 0.337 e. The molecule has 1 fully saturated rings. The molecule has 1 heterocycles. The van der Waals surface area contributed by atoms with Crippen molar-refractivity contribution in [2.75, 3.05) is 37.8 Å². The van der Waals surface area contributed by atoms with Crippen LogP contribution in [0.1, 0.15) is 16.8 Å². The molecule has 1 aliphatic rings. The van der Waals surface area contributed by atoms with E-state index in [4.69, 9.17) is 10.8 Å². The second-order valence-corrected chi connectivity index (χ2v) is 4.90. The first-order valence-electron chi connectivity index (χ1n) is 6.04. The van der Waals surface area contributed by atoms with Crippen molar-refractivity contribution in [3.05, 3.63) is 23.8 Å². The number of anilines is 2. The van der Waals surface area contributed by atoms with Crippen LogP contribution in [-0.2, 0) is 0 Å². The van der Waals surface area contributed by atoms with Crippen molar-refractivity contribution in [1.82, 2.24) is 4.90 Å². The minimum Gasteiger partial charge on any atom is -0.478 e. The van der Waals surface area contributed by atoms with Crippen LogP contribution in [0, 0.1) is 0 Å². The number of nitrogens with zero attached hydrogens (tertiary/aromatic N) is 2. The molecule has 18 heavy (non-hydrogen) atoms. The third-order valence-electron chi connectivity index (χ3n) is 3.55. The number of likely N-dealkylation sites (N-methyl/N-ethyl adjacent to an activating group) is 1. The first-order valence-corrected chi connectivity index (χ1v) is 6.04. The minimum absolute atomic E-state index is 0.181. The summed E-state index contributed by atoms with van der Waals surface area (Å²) < 4.78 is 0. The maximum atomic E-state index is 11.1. The van der Waals surface area contributed by atoms with Gasteiger partial charge in [0, 0.05) is 19.1 Å². The second kappa shape index (κ2) is 4.86. The van der Waals surface area contributed by atoms with Crippen LogP contribution in [0.4, 0.5) is 11.4 Å². The minimum atomic E-state index is -0.974. The molecule has 1 atom stereocenters. The highest BCUT2D eigenvalue weighted by Crippen LogP contribution is 2.30. The summed E-state index contributed by atoms with van der Waals surface area (Å²) >= 11 is 0. The molecule has 0 radical (unpaired) electrons. The fourth-order valence-corrected chi connectivity index (χ4v) is 2.40. The highest BCUT2D eigenvalue weighted by molar-refractivity contribution is 5.97. The molecule has 1 aromatic rings. The predicted octanol–water partition coefficient (Wildman–Crippen LogP) is 1.11. The second-order valence-electron chi connectivity index (χ2n) is 4.90. The zero-order valence-electron chi connectivity index (χ0n) is 10.8. The Morgan fingerprint density at radius 2 is 2.22 bits per heavy atom. The van der Waals surface area contributed by atoms with Crippen LogP contribution >= 0.6 is 0 Å². The summed E-state index contributed by atoms with van der Waals surface area (Å²) in [7, 11) is 4.12. The quantitative estimate of drug-likeness (QED) is 0.785. The molecular formula is C13H19N3O2. The van der Waals surface area contributed by atoms with E-state index in [0.717, 1.165) is 25.2 Å². The van der Waals surface area contributed by atoms with Crippen LogP contribution < -0.4 is 10.6 Å². The van der Waals surface area contributed by atoms with E-state index in [-0.39, 0.29) is 5.56 Å². The number of carboxylic acids is 1. The lowest BCUT2D eigenvalue weighted by atomic mass is 10.1. The first kappa shape index (κ1) is 12.7. The van der Waals surface area contributed by atoms with E-state index in [1.807, 2.05) is 6.07 Å². The average Bonchev–Trinajstić information content (AvgIpc) is 2.78. The summed E-state index contributed by atoms with van der Waals surface area (Å²) in [5.74, 6) is -0.974. The van der Waals surface area contributed by atoms with E-state index in [0.29, 0.717) is 11.7 Å². The van der Waals surface area contributed by atoms with E-state index in [9.17, 15) is 4.79 Å². The molecule has 0 aliphatic carbocycles. The summed E-state index contributed by atoms with van der Waals surface area (Å²) in [6.45, 7) is 1.80. The highest BCUT2D eigenvalue weighted by Gasteiger charge is 2.26. The molecule has 1 unspecified atom stereocenters. The van der Waals surface area contributed by atoms with Crippen molar-refractivity contribution in [3.63, 3.8) is 0 Å². The standard InChI is InChI=1S/C13H19N3O2/c1-15(2)9-6-7-16(8-9)11-5-3-4-10(12(11)14)13(17)18/h3-5,9H,6-8,14H2,1-2H3,(H,17,18). The van der Waals surface area contributed by atoms with Crippen LogP contribution in [0.3, 0.4) is 0 Å². The zero-order chi connectivity index (χ0) is 13.3. The number of carboxylic acid groups (broad SMARTS) is 1. The summed E-state index contributed by atoms with van der Waals surface area (Å²) in [5.41, 5.74) is 7.33. The lowest BCUT2D eigenvalue weighted by Crippen LogP contribution is -2.31. The Morgan fingerprint density at radius 1 is 1.50 bits per heavy atom. The van der Waals surface area contributed by atoms with Crippen molar-refractivity contribution in [2.45, 2.75) is 12.5 Å². The van der Waals surface area contributed by atoms with Crippen molar-refractivity contribution in [1.29, 1.82) is 0 Å². The largest absolute Gasteiger partial charge is 0.478 e. The maximum absolute atomic E-state index is 11.1. The van der Waals surface area contributed by atoms with Crippen molar-refractivity contribution in [2.24, 2.45) is 0 Å². The summed E-state index contributed by atoms with van der Waals surface area (Å²) in [6.07, 6.45) is 1.07. The fraction of sp³-hybridized carbons (Fsp3) is 0.462. The Bertz CT molecular complexity index is 460. The molecule has 5 heteroatoms. The number of hydrogen-bond acceptors (Lipinski definition) is 4. The fourth-order valence-electron chi connectivity index (χ4n) is 2.40. The van der Waals surface area contributed by atoms with Crippen LogP contribution in [0.5, 0.6) is 0 Å². The molecule has 0 bridgehead atoms. The van der Waals surface area contributed by atoms with Crippen molar-refractivity contribution in [3.8, 4) is 0 Å². The topological polar surface area (TPSA) is 69.8 Å². The Labute approximate surface area is 107 Å². The van der Waals surface area contributed by atoms with E-state index >= 15 is 0 Å². The van der Waals surface area contributed by atoms with Crippen LogP contribution in [0.2, 0.25) is 0 Å². The molecule has 0 saturated carbocycles. The SMILES string of the molecule is CN(C)C1CCN(c2cccc(C(=O)O)c2N)C1. The molecule has 1 aromatic carbocycles. The number of rotatable bonds is 3. The molecule has 2 rings (SSSR count). The number of benzene rings is 1. The first-order chi connectivity index (χ1) is 8.50. The van der Waals surface area contributed by atoms with Gasteiger partial charge in [0.1, 0.15) is 0 Å². The van der Waals surface area contributed by atoms with Crippen LogP contribution in [-0.4, -0.2) is 49.2 Å². The van der Waals surface area contributed by atoms with Crippen molar-refractivity contribution >= 4 is 17.3 Å². The summed E-state index contributed by atoms with van der Waals surface area (Å²) in [6, 6.07) is 5.68. The number of nitrogens with two attached hydrogens (primary N) is 1. The molecule has 0 spiro atoms. The molecule has 0 aromatic heterocycles. The molecule has 1 saturated heterocycles. The Kier molecular flexibility index (Phi) is 3.43. The monoisotopic (exact) mass is 249 g/mol. The predicted molar refractivity (Wildman–Crippen MR) is 72.1 cm³/mol. The number of nitrogen functional groups attached to an aromatic ring is 1. The molecule has 5 nitrogen and oxygen atoms in total. The third kappa shape index (κ3) is 2.26. The van der Waals surface area contributed by atoms with Gasteiger partial charge in [-0.15, -0.1) is 0 Å². The molecular weight excluding hydrogens is 230 g/mol. The Balaban J connectivity index is 2.25. The van der Waals surface area contributed by atoms with E-state index in [2.05, 4.69) is 23.9 Å². The highest BCUT2D eigenvalue weighted by atomic mass is 16.4. The van der Waals surface area contributed by atoms with Crippen LogP contribution in [0.15, 0.2) is 18.2 Å². The van der Waals surface area contributed by atoms with Crippen LogP contribution in [0.25, 0.3) is 0 Å². The number of para-hydroxylation sites is 1. The van der Waals surface area contributed by atoms with Gasteiger partial charge in [0.25, 0.3) is 0 Å². The van der Waals surface area contributed by atoms with Gasteiger partial charge in [-0.1, -0.05) is 6.07 Å². The van der Waals surface area contributed by atoms with Gasteiger partial charge in [-0.3, -0.25) is 0 Å². The van der Waals surface area contributed by atoms with E-state index in [1.165, 1.54) is 0 Å². The number of carbonyl (C=O) groups is 1. The number of aromatic carboxylic acids is 1. The normalized spacial score (nSPS) is 19.5. The zero-order valence-corrected chi connectivity index (χ0v) is 10.8. The summed E-state index contributed by atoms with van der Waals surface area (Å²) in [4.78, 5) is 15.4. The van der Waals surface area contributed by atoms with Gasteiger partial charge >= 0.3 is 5.97 Å². The van der Waals surface area contributed by atoms with E-state index in [1.54, 1.807) is 12.1 Å². The van der Waals surface area contributed by atoms with Gasteiger partial charge < -0.3 is 20.6 Å². The van der Waals surface area contributed by atoms with Crippen molar-refractivity contribution < 1.29 is 9.90 Å². The van der Waals surface area contributed by atoms with Gasteiger partial charge in [0.2, 0.25) is 0 Å². The summed E-state index contributed by atoms with van der Waals surface area (Å²) in [5, 5.41) is 9.07.